The smallest absolute Gasteiger partial charge is 0.212 e. The Morgan fingerprint density at radius 3 is 2.93 bits per heavy atom. The Kier molecular flexibility index (Phi) is 2.79. The third-order valence-corrected chi connectivity index (χ3v) is 4.75. The quantitative estimate of drug-likeness (QED) is 0.814. The van der Waals surface area contributed by atoms with Crippen LogP contribution in [0, 0.1) is 0 Å². The van der Waals surface area contributed by atoms with E-state index in [1.807, 2.05) is 0 Å². The van der Waals surface area contributed by atoms with Crippen molar-refractivity contribution in [1.29, 1.82) is 0 Å². The normalized spacial score (nSPS) is 25.3. The molecule has 1 unspecified atom stereocenters. The molecule has 0 amide bonds. The number of hydrogen-bond donors (Lipinski definition) is 1. The summed E-state index contributed by atoms with van der Waals surface area (Å²) in [7, 11) is -3.11. The average Bonchev–Trinajstić information content (AvgIpc) is 2.65. The van der Waals surface area contributed by atoms with Gasteiger partial charge in [0.1, 0.15) is 17.2 Å². The molecule has 1 aromatic heterocycles. The van der Waals surface area contributed by atoms with Gasteiger partial charge in [0.15, 0.2) is 9.84 Å². The zero-order valence-electron chi connectivity index (χ0n) is 8.22. The summed E-state index contributed by atoms with van der Waals surface area (Å²) in [6.45, 7) is -0.226. The van der Waals surface area contributed by atoms with Crippen molar-refractivity contribution in [2.45, 2.75) is 31.1 Å². The van der Waals surface area contributed by atoms with Crippen molar-refractivity contribution in [3.05, 3.63) is 17.8 Å². The predicted octanol–water partition coefficient (Wildman–Crippen LogP) is 0.807. The van der Waals surface area contributed by atoms with Crippen molar-refractivity contribution in [3.63, 3.8) is 0 Å². The summed E-state index contributed by atoms with van der Waals surface area (Å²) in [6.07, 6.45) is 3.46. The van der Waals surface area contributed by atoms with Crippen molar-refractivity contribution >= 4 is 9.84 Å². The van der Waals surface area contributed by atoms with Crippen LogP contribution in [0.3, 0.4) is 0 Å². The first-order chi connectivity index (χ1) is 7.13. The molecule has 0 radical (unpaired) electrons. The van der Waals surface area contributed by atoms with Gasteiger partial charge in [0.05, 0.1) is 12.4 Å². The zero-order valence-corrected chi connectivity index (χ0v) is 9.03. The summed E-state index contributed by atoms with van der Waals surface area (Å²) < 4.78 is 28.5. The van der Waals surface area contributed by atoms with E-state index < -0.39 is 15.1 Å². The molecule has 0 saturated carbocycles. The van der Waals surface area contributed by atoms with Crippen LogP contribution in [0.2, 0.25) is 0 Å². The van der Waals surface area contributed by atoms with E-state index >= 15 is 0 Å². The van der Waals surface area contributed by atoms with Crippen molar-refractivity contribution in [1.82, 2.24) is 4.98 Å². The molecule has 1 aliphatic heterocycles. The molecule has 2 rings (SSSR count). The van der Waals surface area contributed by atoms with E-state index in [9.17, 15) is 8.42 Å². The minimum Gasteiger partial charge on any atom is -0.447 e. The van der Waals surface area contributed by atoms with Crippen LogP contribution in [-0.4, -0.2) is 24.3 Å². The maximum Gasteiger partial charge on any atom is 0.212 e. The van der Waals surface area contributed by atoms with Gasteiger partial charge < -0.3 is 9.52 Å². The Bertz CT molecular complexity index is 437. The second-order valence-electron chi connectivity index (χ2n) is 3.69. The Morgan fingerprint density at radius 1 is 1.53 bits per heavy atom. The number of hydrogen-bond acceptors (Lipinski definition) is 5. The van der Waals surface area contributed by atoms with E-state index in [0.29, 0.717) is 18.5 Å². The van der Waals surface area contributed by atoms with Crippen LogP contribution in [0.1, 0.15) is 36.1 Å². The van der Waals surface area contributed by atoms with Crippen LogP contribution >= 0.6 is 0 Å². The monoisotopic (exact) mass is 231 g/mol. The Hall–Kier alpha value is -0.880. The molecule has 15 heavy (non-hydrogen) atoms. The molecule has 0 bridgehead atoms. The summed E-state index contributed by atoms with van der Waals surface area (Å²) in [4.78, 5) is 3.95. The third kappa shape index (κ3) is 2.05. The van der Waals surface area contributed by atoms with Crippen LogP contribution < -0.4 is 0 Å². The molecular formula is C9H13NO4S. The van der Waals surface area contributed by atoms with Gasteiger partial charge in [-0.1, -0.05) is 6.42 Å². The fourth-order valence-corrected chi connectivity index (χ4v) is 3.61. The minimum absolute atomic E-state index is 0.203. The van der Waals surface area contributed by atoms with Crippen LogP contribution in [0.5, 0.6) is 0 Å². The zero-order chi connectivity index (χ0) is 10.9. The molecule has 1 aliphatic rings. The highest BCUT2D eigenvalue weighted by Gasteiger charge is 2.33. The number of oxazole rings is 1. The Labute approximate surface area is 88.0 Å². The maximum atomic E-state index is 11.7. The summed E-state index contributed by atoms with van der Waals surface area (Å²) in [5.41, 5.74) is 0.380. The fourth-order valence-electron chi connectivity index (χ4n) is 1.78. The van der Waals surface area contributed by atoms with Gasteiger partial charge in [-0.2, -0.15) is 0 Å². The molecule has 6 heteroatoms. The maximum absolute atomic E-state index is 11.7. The number of rotatable bonds is 2. The van der Waals surface area contributed by atoms with Gasteiger partial charge in [-0.3, -0.25) is 0 Å². The number of aromatic nitrogens is 1. The summed E-state index contributed by atoms with van der Waals surface area (Å²) in [6, 6.07) is 0. The summed E-state index contributed by atoms with van der Waals surface area (Å²) in [5, 5.41) is 8.19. The van der Waals surface area contributed by atoms with Gasteiger partial charge in [0, 0.05) is 0 Å². The SMILES string of the molecule is O=S1(=O)CCCCC1c1nc(CO)co1. The molecule has 2 heterocycles. The second kappa shape index (κ2) is 3.94. The van der Waals surface area contributed by atoms with Crippen LogP contribution in [0.25, 0.3) is 0 Å². The van der Waals surface area contributed by atoms with Gasteiger partial charge >= 0.3 is 0 Å². The van der Waals surface area contributed by atoms with Crippen molar-refractivity contribution < 1.29 is 17.9 Å². The predicted molar refractivity (Wildman–Crippen MR) is 52.8 cm³/mol. The van der Waals surface area contributed by atoms with E-state index in [-0.39, 0.29) is 18.3 Å². The largest absolute Gasteiger partial charge is 0.447 e. The lowest BCUT2D eigenvalue weighted by Crippen LogP contribution is -2.21. The molecule has 0 spiro atoms. The molecule has 5 nitrogen and oxygen atoms in total. The number of aliphatic hydroxyl groups is 1. The first-order valence-electron chi connectivity index (χ1n) is 4.90. The van der Waals surface area contributed by atoms with Gasteiger partial charge in [0.2, 0.25) is 5.89 Å². The van der Waals surface area contributed by atoms with Crippen LogP contribution in [-0.2, 0) is 16.4 Å². The van der Waals surface area contributed by atoms with Gasteiger partial charge in [-0.15, -0.1) is 0 Å². The number of nitrogens with zero attached hydrogens (tertiary/aromatic N) is 1. The minimum atomic E-state index is -3.11. The molecule has 0 aromatic carbocycles. The molecule has 1 N–H and O–H groups in total. The molecule has 1 aromatic rings. The van der Waals surface area contributed by atoms with E-state index in [1.54, 1.807) is 0 Å². The molecule has 0 aliphatic carbocycles. The highest BCUT2D eigenvalue weighted by Crippen LogP contribution is 2.32. The highest BCUT2D eigenvalue weighted by atomic mass is 32.2. The summed E-state index contributed by atoms with van der Waals surface area (Å²) >= 11 is 0. The van der Waals surface area contributed by atoms with Gasteiger partial charge in [0.25, 0.3) is 0 Å². The fraction of sp³-hybridized carbons (Fsp3) is 0.667. The summed E-state index contributed by atoms with van der Waals surface area (Å²) in [5.74, 6) is 0.424. The lowest BCUT2D eigenvalue weighted by Gasteiger charge is -2.18. The van der Waals surface area contributed by atoms with Crippen LogP contribution in [0.15, 0.2) is 10.7 Å². The molecule has 1 saturated heterocycles. The number of aliphatic hydroxyl groups excluding tert-OH is 1. The standard InChI is InChI=1S/C9H13NO4S/c11-5-7-6-14-9(10-7)8-3-1-2-4-15(8,12)13/h6,8,11H,1-5H2. The van der Waals surface area contributed by atoms with E-state index in [1.165, 1.54) is 6.26 Å². The first-order valence-corrected chi connectivity index (χ1v) is 6.62. The molecule has 84 valence electrons. The topological polar surface area (TPSA) is 80.4 Å². The highest BCUT2D eigenvalue weighted by molar-refractivity contribution is 7.91. The van der Waals surface area contributed by atoms with Crippen LogP contribution in [0.4, 0.5) is 0 Å². The van der Waals surface area contributed by atoms with E-state index in [4.69, 9.17) is 9.52 Å². The first kappa shape index (κ1) is 10.6. The average molecular weight is 231 g/mol. The van der Waals surface area contributed by atoms with Gasteiger partial charge in [-0.05, 0) is 12.8 Å². The lowest BCUT2D eigenvalue weighted by atomic mass is 10.2. The van der Waals surface area contributed by atoms with E-state index in [0.717, 1.165) is 6.42 Å². The molecular weight excluding hydrogens is 218 g/mol. The second-order valence-corrected chi connectivity index (χ2v) is 5.99. The third-order valence-electron chi connectivity index (χ3n) is 2.59. The van der Waals surface area contributed by atoms with Crippen molar-refractivity contribution in [2.24, 2.45) is 0 Å². The Balaban J connectivity index is 2.29. The Morgan fingerprint density at radius 2 is 2.33 bits per heavy atom. The molecule has 1 atom stereocenters. The van der Waals surface area contributed by atoms with Crippen molar-refractivity contribution in [2.75, 3.05) is 5.75 Å². The van der Waals surface area contributed by atoms with Crippen molar-refractivity contribution in [3.8, 4) is 0 Å². The van der Waals surface area contributed by atoms with Gasteiger partial charge in [-0.25, -0.2) is 13.4 Å². The van der Waals surface area contributed by atoms with E-state index in [2.05, 4.69) is 4.98 Å². The lowest BCUT2D eigenvalue weighted by molar-refractivity contribution is 0.276. The molecule has 1 fully saturated rings. The number of sulfone groups is 1.